The van der Waals surface area contributed by atoms with Crippen molar-refractivity contribution in [1.29, 1.82) is 0 Å². The molecule has 0 saturated heterocycles. The van der Waals surface area contributed by atoms with Crippen LogP contribution in [0.1, 0.15) is 11.3 Å². The monoisotopic (exact) mass is 179 g/mol. The van der Waals surface area contributed by atoms with Gasteiger partial charge in [0.25, 0.3) is 0 Å². The summed E-state index contributed by atoms with van der Waals surface area (Å²) in [6.07, 6.45) is 1.57. The van der Waals surface area contributed by atoms with Crippen LogP contribution in [0.2, 0.25) is 0 Å². The number of rotatable bonds is 2. The molecule has 0 aromatic carbocycles. The van der Waals surface area contributed by atoms with Crippen molar-refractivity contribution in [2.45, 2.75) is 13.5 Å². The number of aromatic nitrogens is 1. The van der Waals surface area contributed by atoms with Crippen molar-refractivity contribution in [2.24, 2.45) is 0 Å². The molecule has 0 aliphatic heterocycles. The maximum atomic E-state index is 8.88. The Hall–Kier alpha value is -1.55. The Morgan fingerprint density at radius 2 is 2.38 bits per heavy atom. The maximum Gasteiger partial charge on any atom is 0.205 e. The van der Waals surface area contributed by atoms with Gasteiger partial charge in [0.15, 0.2) is 5.76 Å². The Bertz CT molecular complexity index is 389. The Kier molecular flexibility index (Phi) is 1.90. The van der Waals surface area contributed by atoms with Crippen LogP contribution in [0.25, 0.3) is 11.5 Å². The molecule has 0 aliphatic carbocycles. The predicted octanol–water partition coefficient (Wildman–Crippen LogP) is 1.74. The van der Waals surface area contributed by atoms with Gasteiger partial charge in [0.1, 0.15) is 5.69 Å². The maximum absolute atomic E-state index is 8.88. The molecule has 1 N–H and O–H groups in total. The van der Waals surface area contributed by atoms with Gasteiger partial charge in [0, 0.05) is 5.56 Å². The van der Waals surface area contributed by atoms with Gasteiger partial charge in [-0.2, -0.15) is 0 Å². The zero-order chi connectivity index (χ0) is 9.26. The molecule has 2 aromatic rings. The summed E-state index contributed by atoms with van der Waals surface area (Å²) in [5, 5.41) is 12.6. The lowest BCUT2D eigenvalue weighted by Crippen LogP contribution is -1.85. The normalized spacial score (nSPS) is 10.6. The van der Waals surface area contributed by atoms with E-state index >= 15 is 0 Å². The molecule has 0 spiro atoms. The molecule has 0 bridgehead atoms. The second kappa shape index (κ2) is 3.06. The highest BCUT2D eigenvalue weighted by Crippen LogP contribution is 2.25. The van der Waals surface area contributed by atoms with Crippen molar-refractivity contribution in [3.05, 3.63) is 29.7 Å². The fourth-order valence-electron chi connectivity index (χ4n) is 1.15. The fraction of sp³-hybridized carbons (Fsp3) is 0.222. The van der Waals surface area contributed by atoms with Gasteiger partial charge in [0.2, 0.25) is 5.76 Å². The summed E-state index contributed by atoms with van der Waals surface area (Å²) < 4.78 is 10.2. The van der Waals surface area contributed by atoms with Gasteiger partial charge in [-0.1, -0.05) is 5.16 Å². The average molecular weight is 179 g/mol. The quantitative estimate of drug-likeness (QED) is 0.762. The van der Waals surface area contributed by atoms with Gasteiger partial charge in [0.05, 0.1) is 12.9 Å². The molecule has 68 valence electrons. The van der Waals surface area contributed by atoms with Gasteiger partial charge in [-0.3, -0.25) is 0 Å². The zero-order valence-corrected chi connectivity index (χ0v) is 7.15. The number of nitrogens with zero attached hydrogens (tertiary/aromatic N) is 1. The van der Waals surface area contributed by atoms with Crippen LogP contribution in [0.15, 0.2) is 27.3 Å². The van der Waals surface area contributed by atoms with E-state index in [9.17, 15) is 0 Å². The van der Waals surface area contributed by atoms with Crippen LogP contribution in [0.3, 0.4) is 0 Å². The summed E-state index contributed by atoms with van der Waals surface area (Å²) in [5.41, 5.74) is 1.36. The Morgan fingerprint density at radius 3 is 2.92 bits per heavy atom. The average Bonchev–Trinajstić information content (AvgIpc) is 2.72. The van der Waals surface area contributed by atoms with E-state index in [0.717, 1.165) is 5.56 Å². The summed E-state index contributed by atoms with van der Waals surface area (Å²) in [6.45, 7) is 1.72. The van der Waals surface area contributed by atoms with E-state index in [1.54, 1.807) is 18.4 Å². The lowest BCUT2D eigenvalue weighted by molar-refractivity contribution is 0.266. The van der Waals surface area contributed by atoms with Gasteiger partial charge >= 0.3 is 0 Å². The van der Waals surface area contributed by atoms with Crippen molar-refractivity contribution in [1.82, 2.24) is 5.16 Å². The SMILES string of the molecule is Cc1c(CO)noc1-c1ccco1. The molecule has 0 unspecified atom stereocenters. The molecule has 0 saturated carbocycles. The summed E-state index contributed by atoms with van der Waals surface area (Å²) in [7, 11) is 0. The Balaban J connectivity index is 2.48. The standard InChI is InChI=1S/C9H9NO3/c1-6-7(5-11)10-13-9(6)8-3-2-4-12-8/h2-4,11H,5H2,1H3. The van der Waals surface area contributed by atoms with Gasteiger partial charge in [-0.15, -0.1) is 0 Å². The molecular formula is C9H9NO3. The molecule has 0 amide bonds. The zero-order valence-electron chi connectivity index (χ0n) is 7.15. The molecule has 4 heteroatoms. The predicted molar refractivity (Wildman–Crippen MR) is 44.9 cm³/mol. The molecule has 0 atom stereocenters. The highest BCUT2D eigenvalue weighted by molar-refractivity contribution is 5.55. The highest BCUT2D eigenvalue weighted by Gasteiger charge is 2.14. The van der Waals surface area contributed by atoms with Crippen molar-refractivity contribution in [2.75, 3.05) is 0 Å². The van der Waals surface area contributed by atoms with E-state index in [1.165, 1.54) is 0 Å². The van der Waals surface area contributed by atoms with E-state index in [4.69, 9.17) is 14.0 Å². The van der Waals surface area contributed by atoms with Crippen molar-refractivity contribution >= 4 is 0 Å². The van der Waals surface area contributed by atoms with Crippen LogP contribution in [-0.4, -0.2) is 10.3 Å². The third kappa shape index (κ3) is 1.25. The second-order valence-corrected chi connectivity index (χ2v) is 2.72. The molecule has 2 aromatic heterocycles. The van der Waals surface area contributed by atoms with E-state index in [-0.39, 0.29) is 6.61 Å². The largest absolute Gasteiger partial charge is 0.461 e. The molecule has 0 radical (unpaired) electrons. The van der Waals surface area contributed by atoms with Gasteiger partial charge < -0.3 is 14.0 Å². The Morgan fingerprint density at radius 1 is 1.54 bits per heavy atom. The summed E-state index contributed by atoms with van der Waals surface area (Å²) in [6, 6.07) is 3.56. The van der Waals surface area contributed by atoms with Crippen molar-refractivity contribution in [3.63, 3.8) is 0 Å². The van der Waals surface area contributed by atoms with Crippen molar-refractivity contribution < 1.29 is 14.0 Å². The van der Waals surface area contributed by atoms with Crippen LogP contribution in [0.5, 0.6) is 0 Å². The minimum atomic E-state index is -0.115. The number of aliphatic hydroxyl groups is 1. The van der Waals surface area contributed by atoms with Crippen LogP contribution in [0, 0.1) is 6.92 Å². The number of furan rings is 1. The summed E-state index contributed by atoms with van der Waals surface area (Å²) in [4.78, 5) is 0. The molecule has 0 aliphatic rings. The minimum absolute atomic E-state index is 0.115. The van der Waals surface area contributed by atoms with E-state index in [1.807, 2.05) is 6.92 Å². The first-order valence-corrected chi connectivity index (χ1v) is 3.93. The molecule has 0 fully saturated rings. The van der Waals surface area contributed by atoms with Crippen LogP contribution in [0.4, 0.5) is 0 Å². The summed E-state index contributed by atoms with van der Waals surface area (Å²) >= 11 is 0. The first-order chi connectivity index (χ1) is 6.33. The van der Waals surface area contributed by atoms with E-state index in [2.05, 4.69) is 5.16 Å². The number of aliphatic hydroxyl groups excluding tert-OH is 1. The molecule has 13 heavy (non-hydrogen) atoms. The topological polar surface area (TPSA) is 59.4 Å². The third-order valence-electron chi connectivity index (χ3n) is 1.92. The van der Waals surface area contributed by atoms with Crippen molar-refractivity contribution in [3.8, 4) is 11.5 Å². The second-order valence-electron chi connectivity index (χ2n) is 2.72. The lowest BCUT2D eigenvalue weighted by Gasteiger charge is -1.90. The van der Waals surface area contributed by atoms with Gasteiger partial charge in [-0.05, 0) is 19.1 Å². The minimum Gasteiger partial charge on any atom is -0.461 e. The van der Waals surface area contributed by atoms with Crippen LogP contribution in [-0.2, 0) is 6.61 Å². The highest BCUT2D eigenvalue weighted by atomic mass is 16.5. The molecule has 4 nitrogen and oxygen atoms in total. The smallest absolute Gasteiger partial charge is 0.205 e. The fourth-order valence-corrected chi connectivity index (χ4v) is 1.15. The van der Waals surface area contributed by atoms with Gasteiger partial charge in [-0.25, -0.2) is 0 Å². The third-order valence-corrected chi connectivity index (χ3v) is 1.92. The first-order valence-electron chi connectivity index (χ1n) is 3.93. The lowest BCUT2D eigenvalue weighted by atomic mass is 10.2. The molecule has 2 rings (SSSR count). The Labute approximate surface area is 74.8 Å². The number of hydrogen-bond donors (Lipinski definition) is 1. The van der Waals surface area contributed by atoms with E-state index < -0.39 is 0 Å². The summed E-state index contributed by atoms with van der Waals surface area (Å²) in [5.74, 6) is 1.21. The molecule has 2 heterocycles. The van der Waals surface area contributed by atoms with E-state index in [0.29, 0.717) is 17.2 Å². The first kappa shape index (κ1) is 8.07. The molecular weight excluding hydrogens is 170 g/mol. The van der Waals surface area contributed by atoms with Crippen LogP contribution < -0.4 is 0 Å². The van der Waals surface area contributed by atoms with Crippen LogP contribution >= 0.6 is 0 Å². The number of hydrogen-bond acceptors (Lipinski definition) is 4.